The summed E-state index contributed by atoms with van der Waals surface area (Å²) in [6.45, 7) is 0.934. The Balaban J connectivity index is 2.48. The van der Waals surface area contributed by atoms with Crippen LogP contribution in [0.1, 0.15) is 17.2 Å². The second-order valence-electron chi connectivity index (χ2n) is 3.13. The van der Waals surface area contributed by atoms with E-state index in [4.69, 9.17) is 6.42 Å². The molecular weight excluding hydrogens is 162 g/mol. The average Bonchev–Trinajstić information content (AvgIpc) is 2.63. The first kappa shape index (κ1) is 8.15. The first-order chi connectivity index (χ1) is 6.33. The van der Waals surface area contributed by atoms with Crippen LogP contribution in [0, 0.1) is 12.3 Å². The highest BCUT2D eigenvalue weighted by Gasteiger charge is 2.16. The fourth-order valence-electron chi connectivity index (χ4n) is 1.68. The van der Waals surface area contributed by atoms with E-state index in [1.165, 1.54) is 5.56 Å². The number of para-hydroxylation sites is 1. The maximum absolute atomic E-state index is 9.52. The fourth-order valence-corrected chi connectivity index (χ4v) is 1.68. The lowest BCUT2D eigenvalue weighted by molar-refractivity contribution is 0.239. The molecule has 13 heavy (non-hydrogen) atoms. The van der Waals surface area contributed by atoms with E-state index in [1.54, 1.807) is 0 Å². The molecule has 0 spiro atoms. The Bertz CT molecular complexity index is 365. The van der Waals surface area contributed by atoms with Gasteiger partial charge in [0.05, 0.1) is 0 Å². The Morgan fingerprint density at radius 1 is 1.54 bits per heavy atom. The van der Waals surface area contributed by atoms with Gasteiger partial charge >= 0.3 is 0 Å². The van der Waals surface area contributed by atoms with Crippen molar-refractivity contribution in [2.24, 2.45) is 0 Å². The van der Waals surface area contributed by atoms with E-state index < -0.39 is 6.10 Å². The molecule has 66 valence electrons. The van der Waals surface area contributed by atoms with Crippen LogP contribution in [0.5, 0.6) is 0 Å². The summed E-state index contributed by atoms with van der Waals surface area (Å²) in [5.74, 6) is 2.33. The molecule has 0 amide bonds. The molecule has 0 radical (unpaired) electrons. The Hall–Kier alpha value is -1.46. The number of aliphatic hydroxyl groups is 1. The largest absolute Gasteiger partial charge is 0.384 e. The second kappa shape index (κ2) is 3.12. The Morgan fingerprint density at radius 2 is 2.38 bits per heavy atom. The molecule has 1 aliphatic heterocycles. The third-order valence-corrected chi connectivity index (χ3v) is 2.33. The molecular formula is C11H11NO. The zero-order chi connectivity index (χ0) is 9.26. The maximum atomic E-state index is 9.52. The van der Waals surface area contributed by atoms with Crippen LogP contribution in [0.15, 0.2) is 18.2 Å². The molecule has 2 rings (SSSR count). The molecule has 0 bridgehead atoms. The topological polar surface area (TPSA) is 32.3 Å². The number of terminal acetylenes is 1. The predicted molar refractivity (Wildman–Crippen MR) is 52.4 cm³/mol. The molecule has 1 unspecified atom stereocenters. The zero-order valence-corrected chi connectivity index (χ0v) is 7.25. The van der Waals surface area contributed by atoms with Crippen molar-refractivity contribution in [1.82, 2.24) is 0 Å². The van der Waals surface area contributed by atoms with Crippen LogP contribution in [0.2, 0.25) is 0 Å². The molecule has 0 saturated carbocycles. The Kier molecular flexibility index (Phi) is 1.96. The van der Waals surface area contributed by atoms with Gasteiger partial charge in [0.1, 0.15) is 6.10 Å². The second-order valence-corrected chi connectivity index (χ2v) is 3.13. The molecule has 1 aromatic carbocycles. The van der Waals surface area contributed by atoms with Gasteiger partial charge in [0.25, 0.3) is 0 Å². The summed E-state index contributed by atoms with van der Waals surface area (Å²) in [5, 5.41) is 12.7. The first-order valence-corrected chi connectivity index (χ1v) is 4.33. The molecule has 0 saturated heterocycles. The average molecular weight is 173 g/mol. The number of rotatable bonds is 1. The van der Waals surface area contributed by atoms with Crippen molar-refractivity contribution in [2.45, 2.75) is 12.5 Å². The molecule has 0 aliphatic carbocycles. The molecule has 1 aromatic rings. The van der Waals surface area contributed by atoms with Crippen LogP contribution in [0.25, 0.3) is 0 Å². The summed E-state index contributed by atoms with van der Waals surface area (Å²) in [5.41, 5.74) is 3.08. The van der Waals surface area contributed by atoms with Gasteiger partial charge in [-0.3, -0.25) is 0 Å². The van der Waals surface area contributed by atoms with Gasteiger partial charge in [0, 0.05) is 17.8 Å². The van der Waals surface area contributed by atoms with Gasteiger partial charge in [-0.25, -0.2) is 0 Å². The summed E-state index contributed by atoms with van der Waals surface area (Å²) < 4.78 is 0. The lowest BCUT2D eigenvalue weighted by Gasteiger charge is -2.09. The predicted octanol–water partition coefficient (Wildman–Crippen LogP) is 1.32. The van der Waals surface area contributed by atoms with Crippen LogP contribution in [-0.4, -0.2) is 11.7 Å². The lowest BCUT2D eigenvalue weighted by atomic mass is 10.0. The molecule has 0 aromatic heterocycles. The number of anilines is 1. The van der Waals surface area contributed by atoms with E-state index in [-0.39, 0.29) is 0 Å². The van der Waals surface area contributed by atoms with Crippen molar-refractivity contribution >= 4 is 5.69 Å². The van der Waals surface area contributed by atoms with E-state index in [0.717, 1.165) is 24.2 Å². The minimum Gasteiger partial charge on any atom is -0.384 e. The standard InChI is InChI=1S/C11H11NO/c1-2-10(13)9-5-3-4-8-6-7-12-11(8)9/h1,3-5,10,12-13H,6-7H2. The van der Waals surface area contributed by atoms with Gasteiger partial charge in [-0.2, -0.15) is 0 Å². The van der Waals surface area contributed by atoms with Crippen molar-refractivity contribution in [3.63, 3.8) is 0 Å². The van der Waals surface area contributed by atoms with Crippen LogP contribution in [0.3, 0.4) is 0 Å². The molecule has 2 N–H and O–H groups in total. The van der Waals surface area contributed by atoms with Gasteiger partial charge in [-0.1, -0.05) is 24.1 Å². The summed E-state index contributed by atoms with van der Waals surface area (Å²) >= 11 is 0. The minimum atomic E-state index is -0.791. The highest BCUT2D eigenvalue weighted by atomic mass is 16.3. The van der Waals surface area contributed by atoms with E-state index in [2.05, 4.69) is 17.3 Å². The van der Waals surface area contributed by atoms with Crippen molar-refractivity contribution in [3.05, 3.63) is 29.3 Å². The number of nitrogens with one attached hydrogen (secondary N) is 1. The Labute approximate surface area is 77.6 Å². The minimum absolute atomic E-state index is 0.791. The molecule has 0 fully saturated rings. The van der Waals surface area contributed by atoms with Gasteiger partial charge in [0.15, 0.2) is 0 Å². The van der Waals surface area contributed by atoms with Crippen molar-refractivity contribution < 1.29 is 5.11 Å². The fraction of sp³-hybridized carbons (Fsp3) is 0.273. The third-order valence-electron chi connectivity index (χ3n) is 2.33. The van der Waals surface area contributed by atoms with E-state index in [0.29, 0.717) is 0 Å². The van der Waals surface area contributed by atoms with Gasteiger partial charge in [-0.15, -0.1) is 6.42 Å². The molecule has 1 atom stereocenters. The summed E-state index contributed by atoms with van der Waals surface area (Å²) in [4.78, 5) is 0. The van der Waals surface area contributed by atoms with E-state index >= 15 is 0 Å². The van der Waals surface area contributed by atoms with Gasteiger partial charge < -0.3 is 10.4 Å². The number of benzene rings is 1. The number of hydrogen-bond acceptors (Lipinski definition) is 2. The third kappa shape index (κ3) is 1.28. The Morgan fingerprint density at radius 3 is 3.15 bits per heavy atom. The van der Waals surface area contributed by atoms with Gasteiger partial charge in [-0.05, 0) is 12.0 Å². The summed E-state index contributed by atoms with van der Waals surface area (Å²) in [6, 6.07) is 5.85. The SMILES string of the molecule is C#CC(O)c1cccc2c1NCC2. The van der Waals surface area contributed by atoms with Gasteiger partial charge in [0.2, 0.25) is 0 Å². The van der Waals surface area contributed by atoms with Crippen LogP contribution in [-0.2, 0) is 6.42 Å². The summed E-state index contributed by atoms with van der Waals surface area (Å²) in [7, 11) is 0. The van der Waals surface area contributed by atoms with Crippen molar-refractivity contribution in [2.75, 3.05) is 11.9 Å². The summed E-state index contributed by atoms with van der Waals surface area (Å²) in [6.07, 6.45) is 5.39. The first-order valence-electron chi connectivity index (χ1n) is 4.33. The van der Waals surface area contributed by atoms with Crippen LogP contribution >= 0.6 is 0 Å². The van der Waals surface area contributed by atoms with E-state index in [9.17, 15) is 5.11 Å². The number of aliphatic hydroxyl groups excluding tert-OH is 1. The normalized spacial score (nSPS) is 15.7. The maximum Gasteiger partial charge on any atom is 0.141 e. The highest BCUT2D eigenvalue weighted by Crippen LogP contribution is 2.30. The number of fused-ring (bicyclic) bond motifs is 1. The molecule has 2 heteroatoms. The smallest absolute Gasteiger partial charge is 0.141 e. The molecule has 1 aliphatic rings. The molecule has 1 heterocycles. The zero-order valence-electron chi connectivity index (χ0n) is 7.25. The van der Waals surface area contributed by atoms with Crippen LogP contribution in [0.4, 0.5) is 5.69 Å². The molecule has 2 nitrogen and oxygen atoms in total. The van der Waals surface area contributed by atoms with Crippen molar-refractivity contribution in [3.8, 4) is 12.3 Å². The quantitative estimate of drug-likeness (QED) is 0.628. The monoisotopic (exact) mass is 173 g/mol. The van der Waals surface area contributed by atoms with E-state index in [1.807, 2.05) is 12.1 Å². The van der Waals surface area contributed by atoms with Crippen LogP contribution < -0.4 is 5.32 Å². The van der Waals surface area contributed by atoms with Crippen molar-refractivity contribution in [1.29, 1.82) is 0 Å². The number of hydrogen-bond donors (Lipinski definition) is 2. The lowest BCUT2D eigenvalue weighted by Crippen LogP contribution is -1.99. The highest BCUT2D eigenvalue weighted by molar-refractivity contribution is 5.62.